The van der Waals surface area contributed by atoms with Crippen LogP contribution in [-0.2, 0) is 15.9 Å². The fraction of sp³-hybridized carbons (Fsp3) is 0.647. The second kappa shape index (κ2) is 7.06. The maximum atomic E-state index is 5.89. The fourth-order valence-corrected chi connectivity index (χ4v) is 3.78. The van der Waals surface area contributed by atoms with E-state index in [2.05, 4.69) is 34.1 Å². The Morgan fingerprint density at radius 2 is 2.15 bits per heavy atom. The summed E-state index contributed by atoms with van der Waals surface area (Å²) in [7, 11) is 0. The third kappa shape index (κ3) is 3.63. The lowest BCUT2D eigenvalue weighted by Crippen LogP contribution is -2.23. The minimum absolute atomic E-state index is 0.0525. The van der Waals surface area contributed by atoms with Gasteiger partial charge in [0.05, 0.1) is 6.61 Å². The zero-order chi connectivity index (χ0) is 13.8. The summed E-state index contributed by atoms with van der Waals surface area (Å²) in [4.78, 5) is 0. The van der Waals surface area contributed by atoms with Gasteiger partial charge in [-0.25, -0.2) is 0 Å². The molecule has 0 bridgehead atoms. The van der Waals surface area contributed by atoms with Crippen molar-refractivity contribution in [3.8, 4) is 0 Å². The molecule has 2 atom stereocenters. The van der Waals surface area contributed by atoms with E-state index in [-0.39, 0.29) is 6.29 Å². The van der Waals surface area contributed by atoms with Gasteiger partial charge in [0.1, 0.15) is 0 Å². The normalized spacial score (nSPS) is 26.2. The van der Waals surface area contributed by atoms with E-state index in [1.165, 1.54) is 47.7 Å². The Morgan fingerprint density at radius 1 is 1.20 bits per heavy atom. The van der Waals surface area contributed by atoms with E-state index >= 15 is 0 Å². The van der Waals surface area contributed by atoms with E-state index in [1.807, 2.05) is 0 Å². The number of benzene rings is 1. The van der Waals surface area contributed by atoms with Crippen molar-refractivity contribution in [2.24, 2.45) is 0 Å². The van der Waals surface area contributed by atoms with Crippen molar-refractivity contribution >= 4 is 15.9 Å². The van der Waals surface area contributed by atoms with Crippen LogP contribution in [0.15, 0.2) is 22.7 Å². The lowest BCUT2D eigenvalue weighted by Gasteiger charge is -2.27. The monoisotopic (exact) mass is 338 g/mol. The number of aryl methyl sites for hydroxylation is 1. The first-order chi connectivity index (χ1) is 9.83. The predicted octanol–water partition coefficient (Wildman–Crippen LogP) is 4.80. The van der Waals surface area contributed by atoms with Crippen molar-refractivity contribution in [3.05, 3.63) is 33.8 Å². The maximum absolute atomic E-state index is 5.89. The molecule has 1 aromatic carbocycles. The summed E-state index contributed by atoms with van der Waals surface area (Å²) in [5, 5.41) is 0. The van der Waals surface area contributed by atoms with Crippen LogP contribution < -0.4 is 0 Å². The minimum Gasteiger partial charge on any atom is -0.353 e. The summed E-state index contributed by atoms with van der Waals surface area (Å²) in [5.74, 6) is 0.662. The standard InChI is InChI=1S/C17H23BrO2/c18-15-7-8-16-13(4-3-5-14(16)12-15)9-11-20-17-6-1-2-10-19-17/h7-8,12-13,17H,1-6,9-11H2. The smallest absolute Gasteiger partial charge is 0.157 e. The second-order valence-corrected chi connectivity index (χ2v) is 6.80. The van der Waals surface area contributed by atoms with E-state index in [4.69, 9.17) is 9.47 Å². The first-order valence-electron chi connectivity index (χ1n) is 7.84. The Hall–Kier alpha value is -0.380. The van der Waals surface area contributed by atoms with Crippen LogP contribution in [0.4, 0.5) is 0 Å². The van der Waals surface area contributed by atoms with Gasteiger partial charge in [-0.1, -0.05) is 22.0 Å². The number of halogens is 1. The van der Waals surface area contributed by atoms with Crippen molar-refractivity contribution < 1.29 is 9.47 Å². The predicted molar refractivity (Wildman–Crippen MR) is 84.0 cm³/mol. The zero-order valence-electron chi connectivity index (χ0n) is 11.9. The van der Waals surface area contributed by atoms with Gasteiger partial charge in [-0.15, -0.1) is 0 Å². The molecule has 0 aromatic heterocycles. The van der Waals surface area contributed by atoms with Crippen molar-refractivity contribution in [2.45, 2.75) is 57.2 Å². The van der Waals surface area contributed by atoms with Crippen molar-refractivity contribution in [2.75, 3.05) is 13.2 Å². The summed E-state index contributed by atoms with van der Waals surface area (Å²) in [6.07, 6.45) is 8.48. The van der Waals surface area contributed by atoms with Gasteiger partial charge in [0.2, 0.25) is 0 Å². The van der Waals surface area contributed by atoms with Gasteiger partial charge in [0.25, 0.3) is 0 Å². The molecule has 110 valence electrons. The van der Waals surface area contributed by atoms with Crippen LogP contribution in [0.2, 0.25) is 0 Å². The molecule has 1 heterocycles. The molecule has 1 aromatic rings. The molecule has 1 aliphatic heterocycles. The first-order valence-corrected chi connectivity index (χ1v) is 8.64. The Kier molecular flexibility index (Phi) is 5.14. The van der Waals surface area contributed by atoms with Crippen LogP contribution in [0.3, 0.4) is 0 Å². The molecule has 0 spiro atoms. The molecule has 0 amide bonds. The molecule has 3 rings (SSSR count). The lowest BCUT2D eigenvalue weighted by atomic mass is 9.81. The molecule has 3 heteroatoms. The molecule has 0 radical (unpaired) electrons. The Balaban J connectivity index is 1.53. The molecule has 1 aliphatic carbocycles. The Labute approximate surface area is 130 Å². The topological polar surface area (TPSA) is 18.5 Å². The number of fused-ring (bicyclic) bond motifs is 1. The molecular weight excluding hydrogens is 316 g/mol. The second-order valence-electron chi connectivity index (χ2n) is 5.89. The first kappa shape index (κ1) is 14.6. The summed E-state index contributed by atoms with van der Waals surface area (Å²) in [6.45, 7) is 1.69. The molecule has 2 unspecified atom stereocenters. The zero-order valence-corrected chi connectivity index (χ0v) is 13.5. The quantitative estimate of drug-likeness (QED) is 0.784. The SMILES string of the molecule is Brc1ccc2c(c1)CCCC2CCOC1CCCCO1. The molecule has 1 fully saturated rings. The molecule has 2 aliphatic rings. The van der Waals surface area contributed by atoms with E-state index in [9.17, 15) is 0 Å². The highest BCUT2D eigenvalue weighted by molar-refractivity contribution is 9.10. The summed E-state index contributed by atoms with van der Waals surface area (Å²) < 4.78 is 12.7. The fourth-order valence-electron chi connectivity index (χ4n) is 3.37. The maximum Gasteiger partial charge on any atom is 0.157 e. The van der Waals surface area contributed by atoms with Gasteiger partial charge in [-0.05, 0) is 74.1 Å². The molecule has 20 heavy (non-hydrogen) atoms. The highest BCUT2D eigenvalue weighted by atomic mass is 79.9. The van der Waals surface area contributed by atoms with Gasteiger partial charge in [-0.3, -0.25) is 0 Å². The largest absolute Gasteiger partial charge is 0.353 e. The highest BCUT2D eigenvalue weighted by Crippen LogP contribution is 2.35. The summed E-state index contributed by atoms with van der Waals surface area (Å²) in [6, 6.07) is 6.75. The Morgan fingerprint density at radius 3 is 3.00 bits per heavy atom. The van der Waals surface area contributed by atoms with Gasteiger partial charge in [-0.2, -0.15) is 0 Å². The van der Waals surface area contributed by atoms with Gasteiger partial charge in [0.15, 0.2) is 6.29 Å². The van der Waals surface area contributed by atoms with E-state index < -0.39 is 0 Å². The van der Waals surface area contributed by atoms with Crippen LogP contribution in [0.25, 0.3) is 0 Å². The average molecular weight is 339 g/mol. The van der Waals surface area contributed by atoms with Crippen molar-refractivity contribution in [3.63, 3.8) is 0 Å². The van der Waals surface area contributed by atoms with Gasteiger partial charge >= 0.3 is 0 Å². The number of hydrogen-bond donors (Lipinski definition) is 0. The van der Waals surface area contributed by atoms with E-state index in [0.29, 0.717) is 5.92 Å². The molecular formula is C17H23BrO2. The third-order valence-electron chi connectivity index (χ3n) is 4.45. The molecule has 1 saturated heterocycles. The van der Waals surface area contributed by atoms with Crippen LogP contribution in [0.5, 0.6) is 0 Å². The molecule has 0 saturated carbocycles. The minimum atomic E-state index is 0.0525. The summed E-state index contributed by atoms with van der Waals surface area (Å²) >= 11 is 3.57. The summed E-state index contributed by atoms with van der Waals surface area (Å²) in [5.41, 5.74) is 3.05. The van der Waals surface area contributed by atoms with Crippen molar-refractivity contribution in [1.29, 1.82) is 0 Å². The van der Waals surface area contributed by atoms with Crippen LogP contribution >= 0.6 is 15.9 Å². The third-order valence-corrected chi connectivity index (χ3v) is 4.94. The number of hydrogen-bond acceptors (Lipinski definition) is 2. The molecule has 2 nitrogen and oxygen atoms in total. The van der Waals surface area contributed by atoms with E-state index in [0.717, 1.165) is 26.1 Å². The lowest BCUT2D eigenvalue weighted by molar-refractivity contribution is -0.163. The Bertz CT molecular complexity index is 441. The number of ether oxygens (including phenoxy) is 2. The van der Waals surface area contributed by atoms with Crippen LogP contribution in [0.1, 0.15) is 55.6 Å². The number of rotatable bonds is 4. The van der Waals surface area contributed by atoms with E-state index in [1.54, 1.807) is 0 Å². The van der Waals surface area contributed by atoms with Gasteiger partial charge in [0, 0.05) is 11.1 Å². The molecule has 0 N–H and O–H groups in total. The van der Waals surface area contributed by atoms with Crippen molar-refractivity contribution in [1.82, 2.24) is 0 Å². The van der Waals surface area contributed by atoms with Crippen LogP contribution in [-0.4, -0.2) is 19.5 Å². The van der Waals surface area contributed by atoms with Gasteiger partial charge < -0.3 is 9.47 Å². The highest BCUT2D eigenvalue weighted by Gasteiger charge is 2.21. The average Bonchev–Trinajstić information content (AvgIpc) is 2.48. The van der Waals surface area contributed by atoms with Crippen LogP contribution in [0, 0.1) is 0 Å².